The normalized spacial score (nSPS) is 12.7. The molecule has 0 bridgehead atoms. The SMILES string of the molecule is [C-]#[N+]c1cc2c3ccccc3n(-c3cc(C(C)(C)C)ccn3)c2[c-]c1Oc1[c-]c(N2[CH-]N(Cc3ccc(C(C)(C)C)cc3-c3ccccc3)c3ccccc32)ccc1.[Pt]. The average Bonchev–Trinajstić information content (AvgIpc) is 3.75. The number of fused-ring (bicyclic) bond motifs is 4. The van der Waals surface area contributed by atoms with E-state index in [1.807, 2.05) is 42.6 Å². The third kappa shape index (κ3) is 7.52. The first-order chi connectivity index (χ1) is 28.0. The van der Waals surface area contributed by atoms with Gasteiger partial charge in [-0.05, 0) is 74.4 Å². The fraction of sp³-hybridized carbons (Fsp3) is 0.173. The van der Waals surface area contributed by atoms with Gasteiger partial charge in [0.1, 0.15) is 18.1 Å². The predicted molar refractivity (Wildman–Crippen MR) is 237 cm³/mol. The van der Waals surface area contributed by atoms with Crippen molar-refractivity contribution in [1.82, 2.24) is 9.55 Å². The maximum absolute atomic E-state index is 8.16. The second-order valence-corrected chi connectivity index (χ2v) is 17.0. The molecule has 0 saturated carbocycles. The van der Waals surface area contributed by atoms with Crippen molar-refractivity contribution in [2.24, 2.45) is 0 Å². The summed E-state index contributed by atoms with van der Waals surface area (Å²) in [7, 11) is 0. The zero-order valence-electron chi connectivity index (χ0n) is 34.0. The Bertz CT molecular complexity index is 2880. The predicted octanol–water partition coefficient (Wildman–Crippen LogP) is 13.7. The molecule has 3 heterocycles. The van der Waals surface area contributed by atoms with E-state index in [1.54, 1.807) is 0 Å². The molecule has 7 heteroatoms. The second-order valence-electron chi connectivity index (χ2n) is 17.0. The molecular formula is C52H44N5OPt-3. The summed E-state index contributed by atoms with van der Waals surface area (Å²) in [6.45, 7) is 24.4. The van der Waals surface area contributed by atoms with E-state index in [1.165, 1.54) is 27.8 Å². The van der Waals surface area contributed by atoms with Crippen LogP contribution in [-0.2, 0) is 38.4 Å². The van der Waals surface area contributed by atoms with Gasteiger partial charge in [-0.1, -0.05) is 137 Å². The van der Waals surface area contributed by atoms with E-state index in [0.29, 0.717) is 23.7 Å². The van der Waals surface area contributed by atoms with Crippen LogP contribution in [0.2, 0.25) is 0 Å². The van der Waals surface area contributed by atoms with Gasteiger partial charge >= 0.3 is 0 Å². The first-order valence-electron chi connectivity index (χ1n) is 19.7. The van der Waals surface area contributed by atoms with Crippen LogP contribution in [0, 0.1) is 25.4 Å². The monoisotopic (exact) mass is 949 g/mol. The number of para-hydroxylation sites is 3. The fourth-order valence-electron chi connectivity index (χ4n) is 7.80. The van der Waals surface area contributed by atoms with Gasteiger partial charge in [0.05, 0.1) is 0 Å². The van der Waals surface area contributed by atoms with E-state index in [0.717, 1.165) is 44.7 Å². The number of hydrogen-bond acceptors (Lipinski definition) is 4. The first kappa shape index (κ1) is 39.7. The van der Waals surface area contributed by atoms with E-state index in [4.69, 9.17) is 16.3 Å². The van der Waals surface area contributed by atoms with E-state index in [-0.39, 0.29) is 31.9 Å². The molecule has 296 valence electrons. The van der Waals surface area contributed by atoms with Crippen LogP contribution in [0.1, 0.15) is 58.2 Å². The summed E-state index contributed by atoms with van der Waals surface area (Å²) in [5, 5.41) is 1.94. The molecule has 6 aromatic carbocycles. The van der Waals surface area contributed by atoms with Crippen molar-refractivity contribution in [3.05, 3.63) is 187 Å². The van der Waals surface area contributed by atoms with Gasteiger partial charge in [-0.15, -0.1) is 30.0 Å². The van der Waals surface area contributed by atoms with Crippen LogP contribution in [0.3, 0.4) is 0 Å². The number of anilines is 3. The van der Waals surface area contributed by atoms with Gasteiger partial charge in [-0.3, -0.25) is 0 Å². The van der Waals surface area contributed by atoms with E-state index >= 15 is 0 Å². The Kier molecular flexibility index (Phi) is 10.5. The fourth-order valence-corrected chi connectivity index (χ4v) is 7.80. The van der Waals surface area contributed by atoms with Crippen LogP contribution in [0.4, 0.5) is 22.7 Å². The zero-order chi connectivity index (χ0) is 40.2. The van der Waals surface area contributed by atoms with Crippen molar-refractivity contribution in [3.8, 4) is 28.4 Å². The van der Waals surface area contributed by atoms with Crippen LogP contribution in [0.15, 0.2) is 140 Å². The summed E-state index contributed by atoms with van der Waals surface area (Å²) < 4.78 is 8.69. The van der Waals surface area contributed by atoms with Crippen molar-refractivity contribution in [2.75, 3.05) is 9.80 Å². The molecule has 0 saturated heterocycles. The second kappa shape index (κ2) is 15.6. The van der Waals surface area contributed by atoms with Gasteiger partial charge in [0.25, 0.3) is 0 Å². The van der Waals surface area contributed by atoms with Gasteiger partial charge in [0, 0.05) is 56.4 Å². The number of nitrogens with zero attached hydrogens (tertiary/aromatic N) is 5. The van der Waals surface area contributed by atoms with Crippen molar-refractivity contribution in [3.63, 3.8) is 0 Å². The third-order valence-corrected chi connectivity index (χ3v) is 11.0. The molecule has 9 rings (SSSR count). The summed E-state index contributed by atoms with van der Waals surface area (Å²) in [5.74, 6) is 1.62. The Morgan fingerprint density at radius 2 is 1.42 bits per heavy atom. The molecule has 0 unspecified atom stereocenters. The minimum Gasteiger partial charge on any atom is -0.501 e. The molecule has 0 amide bonds. The number of hydrogen-bond donors (Lipinski definition) is 0. The van der Waals surface area contributed by atoms with Crippen LogP contribution in [0.25, 0.3) is 43.6 Å². The summed E-state index contributed by atoms with van der Waals surface area (Å²) in [6, 6.07) is 53.2. The molecule has 0 atom stereocenters. The minimum atomic E-state index is -0.0559. The standard InChI is InChI=1S/C52H44N5O.Pt/c1-51(2,3)37-25-24-36(42(28-37)35-16-9-8-10-17-35)33-55-34-56(47-23-14-13-22-46(47)55)39-18-15-19-40(30-39)58-49-32-48-43(31-44(49)53-7)41-20-11-12-21-45(41)57(48)50-29-38(26-27-54-50)52(4,5)6;/h8-29,31,34H,33H2,1-6H3;/q-3;. The quantitative estimate of drug-likeness (QED) is 0.149. The van der Waals surface area contributed by atoms with Crippen molar-refractivity contribution in [1.29, 1.82) is 0 Å². The Morgan fingerprint density at radius 3 is 2.19 bits per heavy atom. The largest absolute Gasteiger partial charge is 0.501 e. The molecule has 0 aliphatic carbocycles. The van der Waals surface area contributed by atoms with Gasteiger partial charge in [-0.25, -0.2) is 9.83 Å². The van der Waals surface area contributed by atoms with Crippen LogP contribution in [0.5, 0.6) is 11.5 Å². The van der Waals surface area contributed by atoms with Crippen LogP contribution in [-0.4, -0.2) is 9.55 Å². The smallest absolute Gasteiger partial charge is 0.249 e. The summed E-state index contributed by atoms with van der Waals surface area (Å²) in [4.78, 5) is 13.2. The minimum absolute atomic E-state index is 0. The molecule has 0 fully saturated rings. The number of ether oxygens (including phenoxy) is 1. The summed E-state index contributed by atoms with van der Waals surface area (Å²) in [5.41, 5.74) is 11.3. The van der Waals surface area contributed by atoms with Crippen molar-refractivity contribution >= 4 is 44.6 Å². The summed E-state index contributed by atoms with van der Waals surface area (Å²) in [6.07, 6.45) is 1.86. The third-order valence-electron chi connectivity index (χ3n) is 11.0. The van der Waals surface area contributed by atoms with Gasteiger partial charge in [0.15, 0.2) is 0 Å². The van der Waals surface area contributed by atoms with E-state index in [2.05, 4.69) is 177 Å². The van der Waals surface area contributed by atoms with Crippen LogP contribution < -0.4 is 14.5 Å². The first-order valence-corrected chi connectivity index (χ1v) is 19.7. The molecule has 59 heavy (non-hydrogen) atoms. The Hall–Kier alpha value is -6.15. The molecule has 1 aliphatic heterocycles. The van der Waals surface area contributed by atoms with Crippen molar-refractivity contribution in [2.45, 2.75) is 58.9 Å². The molecule has 1 aliphatic rings. The maximum atomic E-state index is 8.16. The molecule has 8 aromatic rings. The number of pyridine rings is 1. The maximum Gasteiger partial charge on any atom is 0.249 e. The Balaban J connectivity index is 0.00000484. The zero-order valence-corrected chi connectivity index (χ0v) is 36.3. The van der Waals surface area contributed by atoms with Gasteiger partial charge in [0.2, 0.25) is 5.69 Å². The molecule has 0 radical (unpaired) electrons. The number of aromatic nitrogens is 2. The average molecular weight is 950 g/mol. The topological polar surface area (TPSA) is 37.9 Å². The van der Waals surface area contributed by atoms with Crippen LogP contribution >= 0.6 is 0 Å². The molecule has 0 spiro atoms. The molecule has 6 nitrogen and oxygen atoms in total. The Labute approximate surface area is 361 Å². The van der Waals surface area contributed by atoms with Gasteiger partial charge < -0.3 is 19.1 Å². The molecular weight excluding hydrogens is 906 g/mol. The molecule has 2 aromatic heterocycles. The number of rotatable bonds is 7. The van der Waals surface area contributed by atoms with E-state index < -0.39 is 0 Å². The number of benzene rings is 6. The van der Waals surface area contributed by atoms with E-state index in [9.17, 15) is 0 Å². The van der Waals surface area contributed by atoms with Gasteiger partial charge in [-0.2, -0.15) is 12.7 Å². The molecule has 0 N–H and O–H groups in total. The Morgan fingerprint density at radius 1 is 0.712 bits per heavy atom. The van der Waals surface area contributed by atoms with Crippen molar-refractivity contribution < 1.29 is 25.8 Å². The summed E-state index contributed by atoms with van der Waals surface area (Å²) >= 11 is 0.